The molecule has 3 aromatic rings. The van der Waals surface area contributed by atoms with Crippen LogP contribution in [0.5, 0.6) is 11.5 Å². The Morgan fingerprint density at radius 3 is 2.73 bits per heavy atom. The number of benzene rings is 2. The van der Waals surface area contributed by atoms with Crippen LogP contribution in [0.2, 0.25) is 5.02 Å². The second kappa shape index (κ2) is 13.8. The predicted octanol–water partition coefficient (Wildman–Crippen LogP) is 7.66. The molecular formula is C29H34BrClN4O4S. The van der Waals surface area contributed by atoms with Crippen molar-refractivity contribution in [2.75, 3.05) is 25.6 Å². The third-order valence-electron chi connectivity index (χ3n) is 6.31. The summed E-state index contributed by atoms with van der Waals surface area (Å²) in [5.74, 6) is 2.42. The summed E-state index contributed by atoms with van der Waals surface area (Å²) in [5.41, 5.74) is 2.88. The normalized spacial score (nSPS) is 14.7. The van der Waals surface area contributed by atoms with Crippen molar-refractivity contribution in [2.24, 2.45) is 5.92 Å². The molecule has 1 aliphatic rings. The average Bonchev–Trinajstić information content (AvgIpc) is 3.33. The molecule has 214 valence electrons. The number of nitrogens with zero attached hydrogens (tertiary/aromatic N) is 3. The van der Waals surface area contributed by atoms with E-state index in [-0.39, 0.29) is 0 Å². The molecule has 1 aliphatic heterocycles. The van der Waals surface area contributed by atoms with E-state index in [4.69, 9.17) is 35.9 Å². The van der Waals surface area contributed by atoms with E-state index < -0.39 is 12.0 Å². The first-order chi connectivity index (χ1) is 19.2. The highest BCUT2D eigenvalue weighted by atomic mass is 79.9. The maximum absolute atomic E-state index is 13.4. The first kappa shape index (κ1) is 30.3. The molecule has 0 bridgehead atoms. The van der Waals surface area contributed by atoms with Gasteiger partial charge in [-0.2, -0.15) is 4.98 Å². The van der Waals surface area contributed by atoms with Gasteiger partial charge in [0.05, 0.1) is 30.4 Å². The van der Waals surface area contributed by atoms with Crippen LogP contribution in [0, 0.1) is 5.92 Å². The molecule has 11 heteroatoms. The van der Waals surface area contributed by atoms with Gasteiger partial charge in [0, 0.05) is 16.5 Å². The summed E-state index contributed by atoms with van der Waals surface area (Å²) in [6.07, 6.45) is 1.63. The summed E-state index contributed by atoms with van der Waals surface area (Å²) in [7, 11) is 1.60. The fourth-order valence-corrected chi connectivity index (χ4v) is 5.92. The summed E-state index contributed by atoms with van der Waals surface area (Å²) >= 11 is 11.5. The fourth-order valence-electron chi connectivity index (χ4n) is 4.23. The first-order valence-electron chi connectivity index (χ1n) is 13.2. The number of nitrogens with one attached hydrogen (secondary N) is 1. The van der Waals surface area contributed by atoms with Crippen molar-refractivity contribution in [3.8, 4) is 11.5 Å². The zero-order chi connectivity index (χ0) is 28.8. The quantitative estimate of drug-likeness (QED) is 0.158. The standard InChI is InChI=1S/C29H34BrClN4O4S/c1-6-12-39-27(36)24-18(4)32-28-33-29(40-16-19-9-7-8-10-22(19)31)34-35(28)25(24)20-14-21(30)26(23(15-20)37-5)38-13-11-17(2)3/h7-10,14-15,17,25H,6,11-13,16H2,1-5H3,(H,32,33,34). The molecule has 0 saturated heterocycles. The Balaban J connectivity index is 1.73. The number of rotatable bonds is 12. The highest BCUT2D eigenvalue weighted by Crippen LogP contribution is 2.43. The Kier molecular flexibility index (Phi) is 10.4. The van der Waals surface area contributed by atoms with Crippen LogP contribution in [-0.2, 0) is 15.3 Å². The Bertz CT molecular complexity index is 1390. The number of allylic oxidation sites excluding steroid dienone is 1. The van der Waals surface area contributed by atoms with Gasteiger partial charge in [-0.15, -0.1) is 5.10 Å². The van der Waals surface area contributed by atoms with Gasteiger partial charge in [-0.3, -0.25) is 0 Å². The third kappa shape index (κ3) is 6.95. The summed E-state index contributed by atoms with van der Waals surface area (Å²) in [6.45, 7) is 9.00. The number of hydrogen-bond acceptors (Lipinski definition) is 8. The van der Waals surface area contributed by atoms with E-state index in [9.17, 15) is 4.79 Å². The van der Waals surface area contributed by atoms with Crippen LogP contribution < -0.4 is 14.8 Å². The minimum absolute atomic E-state index is 0.321. The minimum atomic E-state index is -0.599. The molecule has 1 atom stereocenters. The van der Waals surface area contributed by atoms with Gasteiger partial charge in [-0.1, -0.05) is 62.3 Å². The van der Waals surface area contributed by atoms with Gasteiger partial charge in [-0.05, 0) is 70.9 Å². The van der Waals surface area contributed by atoms with Gasteiger partial charge < -0.3 is 19.5 Å². The lowest BCUT2D eigenvalue weighted by Crippen LogP contribution is -2.30. The highest BCUT2D eigenvalue weighted by Gasteiger charge is 2.36. The largest absolute Gasteiger partial charge is 0.493 e. The lowest BCUT2D eigenvalue weighted by Gasteiger charge is -2.29. The molecule has 0 spiro atoms. The molecule has 2 heterocycles. The van der Waals surface area contributed by atoms with Gasteiger partial charge in [0.15, 0.2) is 11.5 Å². The maximum atomic E-state index is 13.4. The molecule has 1 N–H and O–H groups in total. The zero-order valence-corrected chi connectivity index (χ0v) is 26.5. The number of halogens is 2. The Morgan fingerprint density at radius 1 is 1.25 bits per heavy atom. The molecule has 0 saturated carbocycles. The van der Waals surface area contributed by atoms with Crippen LogP contribution in [0.1, 0.15) is 57.7 Å². The van der Waals surface area contributed by atoms with Gasteiger partial charge >= 0.3 is 5.97 Å². The van der Waals surface area contributed by atoms with Crippen LogP contribution in [0.15, 0.2) is 57.3 Å². The molecule has 0 fully saturated rings. The minimum Gasteiger partial charge on any atom is -0.493 e. The van der Waals surface area contributed by atoms with E-state index in [1.165, 1.54) is 11.8 Å². The van der Waals surface area contributed by atoms with E-state index in [0.717, 1.165) is 28.4 Å². The number of fused-ring (bicyclic) bond motifs is 1. The van der Waals surface area contributed by atoms with Gasteiger partial charge in [0.1, 0.15) is 6.04 Å². The molecule has 1 aromatic heterocycles. The van der Waals surface area contributed by atoms with Crippen molar-refractivity contribution in [1.82, 2.24) is 14.8 Å². The number of esters is 1. The summed E-state index contributed by atoms with van der Waals surface area (Å²) < 4.78 is 19.9. The van der Waals surface area contributed by atoms with E-state index in [1.54, 1.807) is 11.8 Å². The molecule has 1 unspecified atom stereocenters. The SMILES string of the molecule is CCCOC(=O)C1=C(C)Nc2nc(SCc3ccccc3Cl)nn2C1c1cc(Br)c(OCCC(C)C)c(OC)c1. The van der Waals surface area contributed by atoms with E-state index >= 15 is 0 Å². The monoisotopic (exact) mass is 648 g/mol. The van der Waals surface area contributed by atoms with Crippen LogP contribution >= 0.6 is 39.3 Å². The van der Waals surface area contributed by atoms with Crippen molar-refractivity contribution in [3.63, 3.8) is 0 Å². The number of carbonyl (C=O) groups is 1. The highest BCUT2D eigenvalue weighted by molar-refractivity contribution is 9.10. The molecule has 0 radical (unpaired) electrons. The second-order valence-electron chi connectivity index (χ2n) is 9.81. The molecule has 0 amide bonds. The average molecular weight is 650 g/mol. The summed E-state index contributed by atoms with van der Waals surface area (Å²) in [5, 5.41) is 9.32. The zero-order valence-electron chi connectivity index (χ0n) is 23.3. The molecule has 40 heavy (non-hydrogen) atoms. The molecule has 2 aromatic carbocycles. The Hall–Kier alpha value is -2.69. The van der Waals surface area contributed by atoms with E-state index in [0.29, 0.717) is 63.8 Å². The molecule has 0 aliphatic carbocycles. The first-order valence-corrected chi connectivity index (χ1v) is 15.4. The number of methoxy groups -OCH3 is 1. The van der Waals surface area contributed by atoms with Crippen LogP contribution in [-0.4, -0.2) is 41.1 Å². The number of carbonyl (C=O) groups excluding carboxylic acids is 1. The van der Waals surface area contributed by atoms with Crippen molar-refractivity contribution >= 4 is 51.2 Å². The topological polar surface area (TPSA) is 87.5 Å². The number of ether oxygens (including phenoxy) is 3. The number of hydrogen-bond donors (Lipinski definition) is 1. The molecule has 4 rings (SSSR count). The van der Waals surface area contributed by atoms with Gasteiger partial charge in [-0.25, -0.2) is 9.48 Å². The third-order valence-corrected chi connectivity index (χ3v) is 8.16. The summed E-state index contributed by atoms with van der Waals surface area (Å²) in [6, 6.07) is 10.9. The van der Waals surface area contributed by atoms with Crippen molar-refractivity contribution in [2.45, 2.75) is 57.5 Å². The Labute approximate surface area is 252 Å². The number of aromatic nitrogens is 3. The maximum Gasteiger partial charge on any atom is 0.338 e. The number of thioether (sulfide) groups is 1. The van der Waals surface area contributed by atoms with Crippen molar-refractivity contribution in [3.05, 3.63) is 68.3 Å². The molecule has 8 nitrogen and oxygen atoms in total. The smallest absolute Gasteiger partial charge is 0.338 e. The fraction of sp³-hybridized carbons (Fsp3) is 0.414. The number of anilines is 1. The van der Waals surface area contributed by atoms with Crippen molar-refractivity contribution < 1.29 is 19.0 Å². The second-order valence-corrected chi connectivity index (χ2v) is 12.0. The van der Waals surface area contributed by atoms with Crippen LogP contribution in [0.4, 0.5) is 5.95 Å². The van der Waals surface area contributed by atoms with Gasteiger partial charge in [0.2, 0.25) is 11.1 Å². The van der Waals surface area contributed by atoms with Crippen LogP contribution in [0.25, 0.3) is 0 Å². The van der Waals surface area contributed by atoms with Gasteiger partial charge in [0.25, 0.3) is 0 Å². The van der Waals surface area contributed by atoms with Crippen molar-refractivity contribution in [1.29, 1.82) is 0 Å². The Morgan fingerprint density at radius 2 is 2.02 bits per heavy atom. The van der Waals surface area contributed by atoms with E-state index in [1.807, 2.05) is 50.2 Å². The lowest BCUT2D eigenvalue weighted by atomic mass is 9.95. The predicted molar refractivity (Wildman–Crippen MR) is 162 cm³/mol. The summed E-state index contributed by atoms with van der Waals surface area (Å²) in [4.78, 5) is 18.1. The van der Waals surface area contributed by atoms with E-state index in [2.05, 4.69) is 35.1 Å². The lowest BCUT2D eigenvalue weighted by molar-refractivity contribution is -0.139. The van der Waals surface area contributed by atoms with Crippen LogP contribution in [0.3, 0.4) is 0 Å². The molecular weight excluding hydrogens is 616 g/mol.